The number of nitrogens with one attached hydrogen (secondary N) is 1. The number of ether oxygens (including phenoxy) is 1. The lowest BCUT2D eigenvalue weighted by Gasteiger charge is -2.25. The maximum absolute atomic E-state index is 12.4. The van der Waals surface area contributed by atoms with Crippen LogP contribution in [-0.2, 0) is 14.6 Å². The number of fused-ring (bicyclic) bond motifs is 1. The number of carbonyl (C=O) groups is 3. The van der Waals surface area contributed by atoms with Gasteiger partial charge in [0.05, 0.1) is 29.5 Å². The lowest BCUT2D eigenvalue weighted by molar-refractivity contribution is 0.0476. The molecule has 9 heteroatoms. The Labute approximate surface area is 152 Å². The summed E-state index contributed by atoms with van der Waals surface area (Å²) in [6.45, 7) is 4.74. The van der Waals surface area contributed by atoms with Gasteiger partial charge in [0.25, 0.3) is 11.8 Å². The van der Waals surface area contributed by atoms with Gasteiger partial charge in [-0.05, 0) is 32.9 Å². The molecule has 26 heavy (non-hydrogen) atoms. The summed E-state index contributed by atoms with van der Waals surface area (Å²) in [5.41, 5.74) is -0.254. The van der Waals surface area contributed by atoms with Crippen LogP contribution in [0.1, 0.15) is 41.5 Å². The molecule has 0 radical (unpaired) electrons. The van der Waals surface area contributed by atoms with Crippen LogP contribution >= 0.6 is 0 Å². The van der Waals surface area contributed by atoms with E-state index >= 15 is 0 Å². The van der Waals surface area contributed by atoms with Crippen LogP contribution in [0.3, 0.4) is 0 Å². The summed E-state index contributed by atoms with van der Waals surface area (Å²) < 4.78 is 28.5. The van der Waals surface area contributed by atoms with Crippen LogP contribution in [0.4, 0.5) is 4.79 Å². The van der Waals surface area contributed by atoms with Crippen molar-refractivity contribution in [1.29, 1.82) is 0 Å². The Balaban J connectivity index is 2.18. The molecular weight excluding hydrogens is 360 g/mol. The molecule has 1 aromatic rings. The second kappa shape index (κ2) is 7.06. The van der Waals surface area contributed by atoms with E-state index in [-0.39, 0.29) is 17.7 Å². The fraction of sp³-hybridized carbons (Fsp3) is 0.471. The molecule has 0 spiro atoms. The zero-order valence-corrected chi connectivity index (χ0v) is 15.9. The van der Waals surface area contributed by atoms with Crippen molar-refractivity contribution in [3.05, 3.63) is 35.4 Å². The van der Waals surface area contributed by atoms with Crippen LogP contribution in [0.15, 0.2) is 24.3 Å². The van der Waals surface area contributed by atoms with E-state index < -0.39 is 45.1 Å². The van der Waals surface area contributed by atoms with Gasteiger partial charge in [-0.1, -0.05) is 12.1 Å². The second-order valence-corrected chi connectivity index (χ2v) is 9.39. The number of sulfone groups is 1. The average Bonchev–Trinajstić information content (AvgIpc) is 2.69. The first kappa shape index (κ1) is 19.9. The summed E-state index contributed by atoms with van der Waals surface area (Å²) in [6.07, 6.45) is 0.196. The number of benzene rings is 1. The molecule has 0 aromatic heterocycles. The first-order valence-corrected chi connectivity index (χ1v) is 10.1. The fourth-order valence-electron chi connectivity index (χ4n) is 2.61. The number of rotatable bonds is 5. The summed E-state index contributed by atoms with van der Waals surface area (Å²) in [4.78, 5) is 37.8. The Morgan fingerprint density at radius 2 is 1.65 bits per heavy atom. The molecule has 2 rings (SSSR count). The van der Waals surface area contributed by atoms with Crippen LogP contribution in [0, 0.1) is 0 Å². The molecule has 0 saturated carbocycles. The Morgan fingerprint density at radius 3 is 2.08 bits per heavy atom. The minimum atomic E-state index is -3.48. The highest BCUT2D eigenvalue weighted by Gasteiger charge is 2.37. The normalized spacial score (nSPS) is 15.6. The standard InChI is InChI=1S/C17H22N2O6S/c1-17(2,3)25-16(22)18-11(10-26(4,23)24)9-19-14(20)12-7-5-6-8-13(12)15(19)21/h5-8,11H,9-10H2,1-4H3,(H,18,22)/t11-/m1/s1. The predicted octanol–water partition coefficient (Wildman–Crippen LogP) is 1.22. The maximum atomic E-state index is 12.4. The number of amides is 3. The lowest BCUT2D eigenvalue weighted by atomic mass is 10.1. The number of alkyl carbamates (subject to hydrolysis) is 1. The highest BCUT2D eigenvalue weighted by atomic mass is 32.2. The summed E-state index contributed by atoms with van der Waals surface area (Å²) in [7, 11) is -3.48. The van der Waals surface area contributed by atoms with Gasteiger partial charge in [0, 0.05) is 6.26 Å². The summed E-state index contributed by atoms with van der Waals surface area (Å²) >= 11 is 0. The van der Waals surface area contributed by atoms with Crippen LogP contribution in [0.25, 0.3) is 0 Å². The van der Waals surface area contributed by atoms with Gasteiger partial charge in [-0.15, -0.1) is 0 Å². The van der Waals surface area contributed by atoms with Crippen molar-refractivity contribution < 1.29 is 27.5 Å². The Morgan fingerprint density at radius 1 is 1.15 bits per heavy atom. The van der Waals surface area contributed by atoms with Crippen molar-refractivity contribution in [3.8, 4) is 0 Å². The molecule has 1 N–H and O–H groups in total. The number of imide groups is 1. The van der Waals surface area contributed by atoms with Gasteiger partial charge in [0.2, 0.25) is 0 Å². The summed E-state index contributed by atoms with van der Waals surface area (Å²) in [6, 6.07) is 5.35. The van der Waals surface area contributed by atoms with Crippen molar-refractivity contribution in [1.82, 2.24) is 10.2 Å². The molecule has 1 atom stereocenters. The van der Waals surface area contributed by atoms with Crippen molar-refractivity contribution >= 4 is 27.7 Å². The number of carbonyl (C=O) groups excluding carboxylic acids is 3. The third kappa shape index (κ3) is 5.04. The van der Waals surface area contributed by atoms with Crippen LogP contribution < -0.4 is 5.32 Å². The molecular formula is C17H22N2O6S. The van der Waals surface area contributed by atoms with Crippen LogP contribution in [0.5, 0.6) is 0 Å². The van der Waals surface area contributed by atoms with Gasteiger partial charge in [-0.25, -0.2) is 13.2 Å². The van der Waals surface area contributed by atoms with E-state index in [1.807, 2.05) is 0 Å². The molecule has 1 heterocycles. The molecule has 0 fully saturated rings. The second-order valence-electron chi connectivity index (χ2n) is 7.20. The van der Waals surface area contributed by atoms with Gasteiger partial charge < -0.3 is 10.1 Å². The summed E-state index contributed by atoms with van der Waals surface area (Å²) in [5.74, 6) is -1.47. The van der Waals surface area contributed by atoms with E-state index in [1.54, 1.807) is 32.9 Å². The molecule has 0 aliphatic carbocycles. The van der Waals surface area contributed by atoms with E-state index in [1.165, 1.54) is 12.1 Å². The molecule has 142 valence electrons. The Bertz CT molecular complexity index is 806. The minimum absolute atomic E-state index is 0.257. The van der Waals surface area contributed by atoms with Gasteiger partial charge in [-0.3, -0.25) is 14.5 Å². The summed E-state index contributed by atoms with van der Waals surface area (Å²) in [5, 5.41) is 2.44. The van der Waals surface area contributed by atoms with E-state index in [2.05, 4.69) is 5.32 Å². The molecule has 8 nitrogen and oxygen atoms in total. The molecule has 0 bridgehead atoms. The highest BCUT2D eigenvalue weighted by Crippen LogP contribution is 2.22. The Kier molecular flexibility index (Phi) is 5.41. The van der Waals surface area contributed by atoms with Gasteiger partial charge >= 0.3 is 6.09 Å². The van der Waals surface area contributed by atoms with Gasteiger partial charge in [-0.2, -0.15) is 0 Å². The first-order valence-electron chi connectivity index (χ1n) is 8.00. The number of hydrogen-bond donors (Lipinski definition) is 1. The van der Waals surface area contributed by atoms with Gasteiger partial charge in [0.1, 0.15) is 15.4 Å². The minimum Gasteiger partial charge on any atom is -0.444 e. The van der Waals surface area contributed by atoms with Crippen molar-refractivity contribution in [3.63, 3.8) is 0 Å². The van der Waals surface area contributed by atoms with Crippen molar-refractivity contribution in [2.75, 3.05) is 18.6 Å². The topological polar surface area (TPSA) is 110 Å². The van der Waals surface area contributed by atoms with Crippen LogP contribution in [0.2, 0.25) is 0 Å². The molecule has 0 saturated heterocycles. The largest absolute Gasteiger partial charge is 0.444 e. The molecule has 1 aromatic carbocycles. The monoisotopic (exact) mass is 382 g/mol. The van der Waals surface area contributed by atoms with Crippen molar-refractivity contribution in [2.24, 2.45) is 0 Å². The van der Waals surface area contributed by atoms with Crippen LogP contribution in [-0.4, -0.2) is 61.4 Å². The van der Waals surface area contributed by atoms with E-state index in [4.69, 9.17) is 4.74 Å². The van der Waals surface area contributed by atoms with E-state index in [9.17, 15) is 22.8 Å². The predicted molar refractivity (Wildman–Crippen MR) is 94.7 cm³/mol. The smallest absolute Gasteiger partial charge is 0.407 e. The SMILES string of the molecule is CC(C)(C)OC(=O)N[C@H](CN1C(=O)c2ccccc2C1=O)CS(C)(=O)=O. The lowest BCUT2D eigenvalue weighted by Crippen LogP contribution is -2.50. The zero-order valence-electron chi connectivity index (χ0n) is 15.1. The fourth-order valence-corrected chi connectivity index (χ4v) is 3.52. The third-order valence-electron chi connectivity index (χ3n) is 3.51. The Hall–Kier alpha value is -2.42. The van der Waals surface area contributed by atoms with Crippen molar-refractivity contribution in [2.45, 2.75) is 32.4 Å². The first-order chi connectivity index (χ1) is 11.9. The number of hydrogen-bond acceptors (Lipinski definition) is 6. The van der Waals surface area contributed by atoms with Gasteiger partial charge in [0.15, 0.2) is 0 Å². The third-order valence-corrected chi connectivity index (χ3v) is 4.51. The maximum Gasteiger partial charge on any atom is 0.407 e. The molecule has 1 aliphatic rings. The zero-order chi connectivity index (χ0) is 19.7. The van der Waals surface area contributed by atoms with E-state index in [0.29, 0.717) is 0 Å². The van der Waals surface area contributed by atoms with E-state index in [0.717, 1.165) is 11.2 Å². The quantitative estimate of drug-likeness (QED) is 0.767. The number of nitrogens with zero attached hydrogens (tertiary/aromatic N) is 1. The highest BCUT2D eigenvalue weighted by molar-refractivity contribution is 7.90. The molecule has 0 unspecified atom stereocenters. The molecule has 1 aliphatic heterocycles. The average molecular weight is 382 g/mol. The molecule has 3 amide bonds.